The third-order valence-electron chi connectivity index (χ3n) is 4.71. The Morgan fingerprint density at radius 2 is 1.58 bits per heavy atom. The maximum absolute atomic E-state index is 12.6. The predicted octanol–water partition coefficient (Wildman–Crippen LogP) is 2.95. The molecule has 0 unspecified atom stereocenters. The molecule has 1 aromatic carbocycles. The van der Waals surface area contributed by atoms with Gasteiger partial charge >= 0.3 is 0 Å². The fourth-order valence-corrected chi connectivity index (χ4v) is 3.09. The number of aryl methyl sites for hydroxylation is 2. The Morgan fingerprint density at radius 1 is 0.958 bits per heavy atom. The molecule has 1 aliphatic heterocycles. The number of carbonyl (C=O) groups excluding carboxylic acids is 2. The van der Waals surface area contributed by atoms with Crippen LogP contribution in [0.25, 0.3) is 0 Å². The van der Waals surface area contributed by atoms with Crippen LogP contribution in [0.5, 0.6) is 0 Å². The zero-order valence-electron chi connectivity index (χ0n) is 15.5. The number of hydrogen-bond acceptors (Lipinski definition) is 2. The first-order chi connectivity index (χ1) is 11.4. The molecule has 0 bridgehead atoms. The van der Waals surface area contributed by atoms with Crippen LogP contribution < -0.4 is 0 Å². The van der Waals surface area contributed by atoms with Crippen molar-refractivity contribution in [1.29, 1.82) is 0 Å². The minimum absolute atomic E-state index is 0.163. The Hall–Kier alpha value is -1.84. The Kier molecular flexibility index (Phi) is 6.41. The zero-order chi connectivity index (χ0) is 17.7. The summed E-state index contributed by atoms with van der Waals surface area (Å²) >= 11 is 0. The van der Waals surface area contributed by atoms with Gasteiger partial charge < -0.3 is 9.80 Å². The summed E-state index contributed by atoms with van der Waals surface area (Å²) in [6, 6.07) is 6.22. The van der Waals surface area contributed by atoms with Crippen molar-refractivity contribution in [1.82, 2.24) is 9.80 Å². The number of amides is 2. The van der Waals surface area contributed by atoms with E-state index < -0.39 is 0 Å². The van der Waals surface area contributed by atoms with Gasteiger partial charge in [-0.05, 0) is 42.9 Å². The van der Waals surface area contributed by atoms with Crippen LogP contribution in [-0.4, -0.2) is 47.8 Å². The molecule has 1 fully saturated rings. The highest BCUT2D eigenvalue weighted by molar-refractivity contribution is 5.79. The van der Waals surface area contributed by atoms with E-state index in [4.69, 9.17) is 0 Å². The average molecular weight is 330 g/mol. The molecule has 1 aliphatic rings. The van der Waals surface area contributed by atoms with Crippen molar-refractivity contribution in [2.24, 2.45) is 5.92 Å². The molecule has 0 aliphatic carbocycles. The van der Waals surface area contributed by atoms with Gasteiger partial charge in [-0.15, -0.1) is 0 Å². The van der Waals surface area contributed by atoms with Crippen LogP contribution >= 0.6 is 0 Å². The summed E-state index contributed by atoms with van der Waals surface area (Å²) in [7, 11) is 0. The molecule has 132 valence electrons. The molecule has 0 radical (unpaired) electrons. The van der Waals surface area contributed by atoms with Crippen molar-refractivity contribution in [2.75, 3.05) is 26.2 Å². The molecule has 0 spiro atoms. The largest absolute Gasteiger partial charge is 0.341 e. The van der Waals surface area contributed by atoms with Gasteiger partial charge in [-0.3, -0.25) is 9.59 Å². The van der Waals surface area contributed by atoms with Crippen molar-refractivity contribution in [3.05, 3.63) is 34.9 Å². The van der Waals surface area contributed by atoms with Crippen molar-refractivity contribution < 1.29 is 9.59 Å². The lowest BCUT2D eigenvalue weighted by Crippen LogP contribution is -2.38. The van der Waals surface area contributed by atoms with Gasteiger partial charge in [-0.2, -0.15) is 0 Å². The van der Waals surface area contributed by atoms with Crippen molar-refractivity contribution >= 4 is 11.8 Å². The van der Waals surface area contributed by atoms with E-state index in [0.29, 0.717) is 31.8 Å². The molecule has 0 N–H and O–H groups in total. The third-order valence-corrected chi connectivity index (χ3v) is 4.71. The van der Waals surface area contributed by atoms with Crippen molar-refractivity contribution in [2.45, 2.75) is 47.0 Å². The predicted molar refractivity (Wildman–Crippen MR) is 96.9 cm³/mol. The third kappa shape index (κ3) is 5.08. The maximum Gasteiger partial charge on any atom is 0.227 e. The summed E-state index contributed by atoms with van der Waals surface area (Å²) in [5.41, 5.74) is 3.54. The van der Waals surface area contributed by atoms with E-state index in [-0.39, 0.29) is 11.8 Å². The lowest BCUT2D eigenvalue weighted by atomic mass is 10.0. The van der Waals surface area contributed by atoms with Gasteiger partial charge in [0.15, 0.2) is 0 Å². The summed E-state index contributed by atoms with van der Waals surface area (Å²) in [5, 5.41) is 0. The van der Waals surface area contributed by atoms with E-state index in [1.54, 1.807) is 0 Å². The Balaban J connectivity index is 1.91. The number of carbonyl (C=O) groups is 2. The maximum atomic E-state index is 12.6. The summed E-state index contributed by atoms with van der Waals surface area (Å²) < 4.78 is 0. The highest BCUT2D eigenvalue weighted by atomic mass is 16.2. The van der Waals surface area contributed by atoms with Gasteiger partial charge in [0.05, 0.1) is 6.42 Å². The highest BCUT2D eigenvalue weighted by Crippen LogP contribution is 2.13. The fraction of sp³-hybridized carbons (Fsp3) is 0.600. The second kappa shape index (κ2) is 8.32. The quantitative estimate of drug-likeness (QED) is 0.851. The molecule has 0 aromatic heterocycles. The summed E-state index contributed by atoms with van der Waals surface area (Å²) in [4.78, 5) is 28.6. The van der Waals surface area contributed by atoms with Crippen LogP contribution in [-0.2, 0) is 16.0 Å². The molecule has 4 nitrogen and oxygen atoms in total. The number of benzene rings is 1. The Labute approximate surface area is 145 Å². The fourth-order valence-electron chi connectivity index (χ4n) is 3.09. The first-order valence-corrected chi connectivity index (χ1v) is 8.98. The van der Waals surface area contributed by atoms with Crippen molar-refractivity contribution in [3.63, 3.8) is 0 Å². The van der Waals surface area contributed by atoms with Crippen LogP contribution in [0.2, 0.25) is 0 Å². The summed E-state index contributed by atoms with van der Waals surface area (Å²) in [6.07, 6.45) is 1.90. The molecule has 0 saturated carbocycles. The molecule has 1 aromatic rings. The molecule has 24 heavy (non-hydrogen) atoms. The number of nitrogens with zero attached hydrogens (tertiary/aromatic N) is 2. The molecular weight excluding hydrogens is 300 g/mol. The number of rotatable bonds is 4. The SMILES string of the molecule is Cc1ccc(CC(=O)N2CCCN(C(=O)CC(C)C)CC2)cc1C. The van der Waals surface area contributed by atoms with Gasteiger partial charge in [-0.25, -0.2) is 0 Å². The summed E-state index contributed by atoms with van der Waals surface area (Å²) in [5.74, 6) is 0.758. The van der Waals surface area contributed by atoms with Crippen LogP contribution in [0.4, 0.5) is 0 Å². The van der Waals surface area contributed by atoms with Crippen LogP contribution in [0.15, 0.2) is 18.2 Å². The van der Waals surface area contributed by atoms with E-state index in [2.05, 4.69) is 39.8 Å². The normalized spacial score (nSPS) is 15.5. The van der Waals surface area contributed by atoms with E-state index in [1.165, 1.54) is 11.1 Å². The second-order valence-corrected chi connectivity index (χ2v) is 7.31. The van der Waals surface area contributed by atoms with Gasteiger partial charge in [-0.1, -0.05) is 32.0 Å². The van der Waals surface area contributed by atoms with E-state index in [9.17, 15) is 9.59 Å². The van der Waals surface area contributed by atoms with Crippen LogP contribution in [0.3, 0.4) is 0 Å². The lowest BCUT2D eigenvalue weighted by Gasteiger charge is -2.23. The van der Waals surface area contributed by atoms with Gasteiger partial charge in [0.25, 0.3) is 0 Å². The molecule has 0 atom stereocenters. The van der Waals surface area contributed by atoms with E-state index >= 15 is 0 Å². The highest BCUT2D eigenvalue weighted by Gasteiger charge is 2.22. The van der Waals surface area contributed by atoms with Gasteiger partial charge in [0.1, 0.15) is 0 Å². The number of hydrogen-bond donors (Lipinski definition) is 0. The standard InChI is InChI=1S/C20H30N2O2/c1-15(2)12-19(23)21-8-5-9-22(11-10-21)20(24)14-18-7-6-16(3)17(4)13-18/h6-7,13,15H,5,8-12,14H2,1-4H3. The van der Waals surface area contributed by atoms with Crippen molar-refractivity contribution in [3.8, 4) is 0 Å². The molecule has 4 heteroatoms. The molecular formula is C20H30N2O2. The zero-order valence-corrected chi connectivity index (χ0v) is 15.5. The summed E-state index contributed by atoms with van der Waals surface area (Å²) in [6.45, 7) is 11.1. The van der Waals surface area contributed by atoms with Crippen LogP contribution in [0.1, 0.15) is 43.4 Å². The molecule has 2 amide bonds. The minimum Gasteiger partial charge on any atom is -0.341 e. The first kappa shape index (κ1) is 18.5. The molecule has 1 saturated heterocycles. The Bertz CT molecular complexity index is 595. The average Bonchev–Trinajstić information content (AvgIpc) is 2.76. The lowest BCUT2D eigenvalue weighted by molar-refractivity contribution is -0.133. The van der Waals surface area contributed by atoms with E-state index in [0.717, 1.165) is 25.1 Å². The topological polar surface area (TPSA) is 40.6 Å². The molecule has 2 rings (SSSR count). The van der Waals surface area contributed by atoms with E-state index in [1.807, 2.05) is 15.9 Å². The van der Waals surface area contributed by atoms with Gasteiger partial charge in [0.2, 0.25) is 11.8 Å². The molecule has 1 heterocycles. The van der Waals surface area contributed by atoms with Crippen LogP contribution in [0, 0.1) is 19.8 Å². The first-order valence-electron chi connectivity index (χ1n) is 8.98. The van der Waals surface area contributed by atoms with Gasteiger partial charge in [0, 0.05) is 32.6 Å². The monoisotopic (exact) mass is 330 g/mol. The smallest absolute Gasteiger partial charge is 0.227 e. The minimum atomic E-state index is 0.163. The second-order valence-electron chi connectivity index (χ2n) is 7.31. The Morgan fingerprint density at radius 3 is 2.17 bits per heavy atom.